The summed E-state index contributed by atoms with van der Waals surface area (Å²) in [5.41, 5.74) is 2.21. The minimum absolute atomic E-state index is 0.106. The van der Waals surface area contributed by atoms with E-state index in [1.807, 2.05) is 43.3 Å². The molecule has 0 bridgehead atoms. The number of hydrogen-bond donors (Lipinski definition) is 3. The van der Waals surface area contributed by atoms with E-state index in [4.69, 9.17) is 16.3 Å². The van der Waals surface area contributed by atoms with Gasteiger partial charge in [0.1, 0.15) is 5.75 Å². The zero-order chi connectivity index (χ0) is 22.2. The lowest BCUT2D eigenvalue weighted by molar-refractivity contribution is -0.118. The number of likely N-dealkylation sites (tertiary alicyclic amines) is 1. The molecule has 0 saturated carbocycles. The summed E-state index contributed by atoms with van der Waals surface area (Å²) in [6.45, 7) is 3.42. The summed E-state index contributed by atoms with van der Waals surface area (Å²) in [4.78, 5) is 27.1. The van der Waals surface area contributed by atoms with Crippen LogP contribution in [-0.2, 0) is 4.79 Å². The number of aryl methyl sites for hydroxylation is 1. The average Bonchev–Trinajstić information content (AvgIpc) is 2.76. The molecule has 8 heteroatoms. The summed E-state index contributed by atoms with van der Waals surface area (Å²) in [5, 5.41) is 9.27. The van der Waals surface area contributed by atoms with Gasteiger partial charge in [-0.15, -0.1) is 0 Å². The molecule has 1 heterocycles. The van der Waals surface area contributed by atoms with Crippen LogP contribution in [0.2, 0.25) is 5.02 Å². The first-order valence-corrected chi connectivity index (χ1v) is 10.8. The number of nitrogens with zero attached hydrogens (tertiary/aromatic N) is 1. The minimum atomic E-state index is -0.248. The minimum Gasteiger partial charge on any atom is -0.495 e. The van der Waals surface area contributed by atoms with E-state index in [1.165, 1.54) is 0 Å². The van der Waals surface area contributed by atoms with Crippen LogP contribution in [0.5, 0.6) is 5.75 Å². The molecule has 0 aromatic heterocycles. The van der Waals surface area contributed by atoms with E-state index in [0.717, 1.165) is 37.1 Å². The molecule has 1 aliphatic heterocycles. The third-order valence-corrected chi connectivity index (χ3v) is 5.79. The molecule has 3 rings (SSSR count). The summed E-state index contributed by atoms with van der Waals surface area (Å²) in [7, 11) is 1.55. The number of carbonyl (C=O) groups is 2. The van der Waals surface area contributed by atoms with Gasteiger partial charge < -0.3 is 20.7 Å². The number of ether oxygens (including phenoxy) is 1. The molecule has 1 fully saturated rings. The lowest BCUT2D eigenvalue weighted by atomic mass is 10.0. The van der Waals surface area contributed by atoms with Crippen LogP contribution in [-0.4, -0.2) is 49.6 Å². The van der Waals surface area contributed by atoms with E-state index in [0.29, 0.717) is 23.0 Å². The highest BCUT2D eigenvalue weighted by atomic mass is 35.5. The van der Waals surface area contributed by atoms with Crippen molar-refractivity contribution in [2.45, 2.75) is 32.2 Å². The Kier molecular flexibility index (Phi) is 8.14. The van der Waals surface area contributed by atoms with Gasteiger partial charge in [0.05, 0.1) is 19.3 Å². The smallest absolute Gasteiger partial charge is 0.319 e. The maximum atomic E-state index is 12.7. The molecule has 31 heavy (non-hydrogen) atoms. The molecule has 1 unspecified atom stereocenters. The Morgan fingerprint density at radius 3 is 2.68 bits per heavy atom. The van der Waals surface area contributed by atoms with Crippen molar-refractivity contribution in [3.05, 3.63) is 53.1 Å². The zero-order valence-corrected chi connectivity index (χ0v) is 18.7. The molecule has 0 spiro atoms. The number of hydrogen-bond acceptors (Lipinski definition) is 4. The number of methoxy groups -OCH3 is 1. The van der Waals surface area contributed by atoms with Gasteiger partial charge in [-0.25, -0.2) is 4.79 Å². The van der Waals surface area contributed by atoms with Gasteiger partial charge in [0, 0.05) is 29.4 Å². The Morgan fingerprint density at radius 1 is 1.16 bits per heavy atom. The fourth-order valence-corrected chi connectivity index (χ4v) is 3.86. The second-order valence-corrected chi connectivity index (χ2v) is 8.08. The van der Waals surface area contributed by atoms with Gasteiger partial charge in [-0.1, -0.05) is 36.2 Å². The van der Waals surface area contributed by atoms with Gasteiger partial charge >= 0.3 is 6.03 Å². The van der Waals surface area contributed by atoms with Crippen LogP contribution < -0.4 is 20.7 Å². The highest BCUT2D eigenvalue weighted by Gasteiger charge is 2.25. The predicted octanol–water partition coefficient (Wildman–Crippen LogP) is 4.27. The number of benzene rings is 2. The average molecular weight is 445 g/mol. The first-order chi connectivity index (χ1) is 15.0. The molecule has 3 amide bonds. The highest BCUT2D eigenvalue weighted by molar-refractivity contribution is 6.31. The van der Waals surface area contributed by atoms with E-state index in [-0.39, 0.29) is 24.5 Å². The number of amides is 3. The highest BCUT2D eigenvalue weighted by Crippen LogP contribution is 2.31. The first kappa shape index (κ1) is 22.9. The van der Waals surface area contributed by atoms with Gasteiger partial charge in [0.25, 0.3) is 0 Å². The zero-order valence-electron chi connectivity index (χ0n) is 17.9. The van der Waals surface area contributed by atoms with Gasteiger partial charge in [0.15, 0.2) is 0 Å². The molecule has 1 aliphatic rings. The number of para-hydroxylation sites is 1. The molecule has 0 aliphatic carbocycles. The third-order valence-electron chi connectivity index (χ3n) is 5.38. The quantitative estimate of drug-likeness (QED) is 0.595. The molecule has 1 atom stereocenters. The Morgan fingerprint density at radius 2 is 1.94 bits per heavy atom. The van der Waals surface area contributed by atoms with E-state index < -0.39 is 0 Å². The van der Waals surface area contributed by atoms with Crippen molar-refractivity contribution >= 4 is 34.9 Å². The number of nitrogens with one attached hydrogen (secondary N) is 3. The molecule has 1 saturated heterocycles. The summed E-state index contributed by atoms with van der Waals surface area (Å²) in [5.74, 6) is 0.402. The van der Waals surface area contributed by atoms with Crippen molar-refractivity contribution in [3.63, 3.8) is 0 Å². The maximum Gasteiger partial charge on any atom is 0.319 e. The fraction of sp³-hybridized carbons (Fsp3) is 0.391. The molecule has 7 nitrogen and oxygen atoms in total. The summed E-state index contributed by atoms with van der Waals surface area (Å²) in [6, 6.07) is 12.7. The largest absolute Gasteiger partial charge is 0.495 e. The maximum absolute atomic E-state index is 12.7. The second-order valence-electron chi connectivity index (χ2n) is 7.67. The van der Waals surface area contributed by atoms with Gasteiger partial charge in [-0.2, -0.15) is 0 Å². The molecular weight excluding hydrogens is 416 g/mol. The molecule has 2 aromatic rings. The van der Waals surface area contributed by atoms with Crippen LogP contribution in [0.3, 0.4) is 0 Å². The normalized spacial score (nSPS) is 16.4. The monoisotopic (exact) mass is 444 g/mol. The lowest BCUT2D eigenvalue weighted by Gasteiger charge is -2.35. The molecule has 0 radical (unpaired) electrons. The van der Waals surface area contributed by atoms with Crippen molar-refractivity contribution in [1.82, 2.24) is 10.2 Å². The Bertz CT molecular complexity index is 907. The number of halogens is 1. The van der Waals surface area contributed by atoms with Crippen LogP contribution in [0.1, 0.15) is 24.8 Å². The molecular formula is C23H29ClN4O3. The summed E-state index contributed by atoms with van der Waals surface area (Å²) < 4.78 is 5.34. The number of urea groups is 1. The molecule has 2 aromatic carbocycles. The second kappa shape index (κ2) is 11.0. The van der Waals surface area contributed by atoms with Gasteiger partial charge in [-0.05, 0) is 50.1 Å². The van der Waals surface area contributed by atoms with Crippen molar-refractivity contribution in [3.8, 4) is 5.75 Å². The van der Waals surface area contributed by atoms with Crippen molar-refractivity contribution in [1.29, 1.82) is 0 Å². The van der Waals surface area contributed by atoms with Crippen LogP contribution in [0.4, 0.5) is 16.2 Å². The molecule has 3 N–H and O–H groups in total. The Labute approximate surface area is 188 Å². The van der Waals surface area contributed by atoms with E-state index >= 15 is 0 Å². The summed E-state index contributed by atoms with van der Waals surface area (Å²) >= 11 is 6.15. The summed E-state index contributed by atoms with van der Waals surface area (Å²) in [6.07, 6.45) is 3.04. The SMILES string of the molecule is COc1cc(Cl)c(C)cc1NC(=O)CN1CCCCC1CNC(=O)Nc1ccccc1. The Balaban J connectivity index is 1.55. The topological polar surface area (TPSA) is 82.7 Å². The first-order valence-electron chi connectivity index (χ1n) is 10.4. The predicted molar refractivity (Wildman–Crippen MR) is 124 cm³/mol. The molecule has 166 valence electrons. The number of rotatable bonds is 7. The van der Waals surface area contributed by atoms with E-state index in [2.05, 4.69) is 20.9 Å². The fourth-order valence-electron chi connectivity index (χ4n) is 3.71. The van der Waals surface area contributed by atoms with Crippen molar-refractivity contribution in [2.75, 3.05) is 37.4 Å². The van der Waals surface area contributed by atoms with Crippen LogP contribution >= 0.6 is 11.6 Å². The van der Waals surface area contributed by atoms with Gasteiger partial charge in [-0.3, -0.25) is 9.69 Å². The van der Waals surface area contributed by atoms with Crippen LogP contribution in [0, 0.1) is 6.92 Å². The lowest BCUT2D eigenvalue weighted by Crippen LogP contribution is -2.49. The third kappa shape index (κ3) is 6.60. The Hall–Kier alpha value is -2.77. The van der Waals surface area contributed by atoms with Gasteiger partial charge in [0.2, 0.25) is 5.91 Å². The van der Waals surface area contributed by atoms with E-state index in [9.17, 15) is 9.59 Å². The number of piperidine rings is 1. The number of anilines is 2. The standard InChI is InChI=1S/C23H29ClN4O3/c1-16-12-20(21(31-2)13-19(16)24)27-22(29)15-28-11-7-6-10-18(28)14-25-23(30)26-17-8-4-3-5-9-17/h3-5,8-9,12-13,18H,6-7,10-11,14-15H2,1-2H3,(H,27,29)(H2,25,26,30). The number of carbonyl (C=O) groups excluding carboxylic acids is 2. The van der Waals surface area contributed by atoms with E-state index in [1.54, 1.807) is 13.2 Å². The van der Waals surface area contributed by atoms with Crippen LogP contribution in [0.15, 0.2) is 42.5 Å². The van der Waals surface area contributed by atoms with Crippen molar-refractivity contribution in [2.24, 2.45) is 0 Å². The van der Waals surface area contributed by atoms with Crippen LogP contribution in [0.25, 0.3) is 0 Å². The van der Waals surface area contributed by atoms with Crippen molar-refractivity contribution < 1.29 is 14.3 Å².